The number of aromatic nitrogens is 2. The maximum Gasteiger partial charge on any atom is 0.311 e. The summed E-state index contributed by atoms with van der Waals surface area (Å²) in [5.41, 5.74) is 2.33. The van der Waals surface area contributed by atoms with Gasteiger partial charge in [0.05, 0.1) is 12.4 Å². The molecule has 0 aliphatic rings. The van der Waals surface area contributed by atoms with Crippen molar-refractivity contribution >= 4 is 5.97 Å². The number of benzene rings is 1. The average molecular weight is 383 g/mol. The number of nitrogens with zero attached hydrogens (tertiary/aromatic N) is 2. The van der Waals surface area contributed by atoms with Gasteiger partial charge in [0.15, 0.2) is 11.6 Å². The minimum absolute atomic E-state index is 0.222. The summed E-state index contributed by atoms with van der Waals surface area (Å²) in [4.78, 5) is 20.6. The normalized spacial score (nSPS) is 12.0. The number of unbranched alkanes of at least 4 members (excludes halogenated alkanes) is 4. The Labute approximate surface area is 169 Å². The van der Waals surface area contributed by atoms with Gasteiger partial charge >= 0.3 is 5.97 Å². The maximum absolute atomic E-state index is 11.9. The van der Waals surface area contributed by atoms with E-state index in [-0.39, 0.29) is 5.97 Å². The van der Waals surface area contributed by atoms with Gasteiger partial charge in [0.25, 0.3) is 0 Å². The Hall–Kier alpha value is -2.23. The molecule has 1 aromatic carbocycles. The van der Waals surface area contributed by atoms with Crippen LogP contribution in [0, 0.1) is 5.92 Å². The van der Waals surface area contributed by atoms with Gasteiger partial charge in [-0.1, -0.05) is 77.1 Å². The van der Waals surface area contributed by atoms with E-state index in [2.05, 4.69) is 55.0 Å². The van der Waals surface area contributed by atoms with Gasteiger partial charge < -0.3 is 4.74 Å². The highest BCUT2D eigenvalue weighted by Gasteiger charge is 2.09. The van der Waals surface area contributed by atoms with Crippen LogP contribution in [-0.2, 0) is 11.2 Å². The Morgan fingerprint density at radius 1 is 1.00 bits per heavy atom. The summed E-state index contributed by atoms with van der Waals surface area (Å²) < 4.78 is 5.33. The summed E-state index contributed by atoms with van der Waals surface area (Å²) in [5, 5.41) is 0. The van der Waals surface area contributed by atoms with Crippen LogP contribution >= 0.6 is 0 Å². The van der Waals surface area contributed by atoms with Crippen LogP contribution in [0.3, 0.4) is 0 Å². The molecule has 0 amide bonds. The molecule has 1 heterocycles. The molecule has 152 valence electrons. The lowest BCUT2D eigenvalue weighted by molar-refractivity contribution is -0.134. The first-order chi connectivity index (χ1) is 13.6. The molecule has 0 saturated heterocycles. The van der Waals surface area contributed by atoms with Gasteiger partial charge in [-0.25, -0.2) is 9.97 Å². The summed E-state index contributed by atoms with van der Waals surface area (Å²) in [7, 11) is 0. The molecule has 0 saturated carbocycles. The van der Waals surface area contributed by atoms with E-state index in [4.69, 9.17) is 4.74 Å². The monoisotopic (exact) mass is 382 g/mol. The molecule has 2 aromatic rings. The highest BCUT2D eigenvalue weighted by Crippen LogP contribution is 2.19. The number of esters is 1. The van der Waals surface area contributed by atoms with E-state index in [1.54, 1.807) is 12.4 Å². The smallest absolute Gasteiger partial charge is 0.311 e. The topological polar surface area (TPSA) is 52.1 Å². The largest absolute Gasteiger partial charge is 0.423 e. The highest BCUT2D eigenvalue weighted by atomic mass is 16.5. The van der Waals surface area contributed by atoms with Gasteiger partial charge in [-0.15, -0.1) is 0 Å². The summed E-state index contributed by atoms with van der Waals surface area (Å²) >= 11 is 0. The third-order valence-electron chi connectivity index (χ3n) is 5.18. The molecule has 1 unspecified atom stereocenters. The fourth-order valence-electron chi connectivity index (χ4n) is 3.02. The Balaban J connectivity index is 1.83. The van der Waals surface area contributed by atoms with E-state index >= 15 is 0 Å². The summed E-state index contributed by atoms with van der Waals surface area (Å²) in [6.07, 6.45) is 13.1. The molecule has 0 N–H and O–H groups in total. The molecule has 1 aromatic heterocycles. The quantitative estimate of drug-likeness (QED) is 0.315. The fourth-order valence-corrected chi connectivity index (χ4v) is 3.02. The number of ether oxygens (including phenoxy) is 1. The standard InChI is InChI=1S/C24H34N2O2/c1-4-6-7-8-9-10-20-12-14-21(15-13-20)24-25-17-22(18-26-24)28-23(27)16-11-19(3)5-2/h12-15,17-19H,4-11,16H2,1-3H3. The van der Waals surface area contributed by atoms with Crippen LogP contribution in [0.25, 0.3) is 11.4 Å². The molecule has 4 heteroatoms. The predicted molar refractivity (Wildman–Crippen MR) is 114 cm³/mol. The second-order valence-corrected chi connectivity index (χ2v) is 7.63. The zero-order valence-corrected chi connectivity index (χ0v) is 17.6. The number of carbonyl (C=O) groups excluding carboxylic acids is 1. The number of aryl methyl sites for hydroxylation is 1. The molecule has 0 radical (unpaired) electrons. The lowest BCUT2D eigenvalue weighted by Gasteiger charge is -2.08. The zero-order valence-electron chi connectivity index (χ0n) is 17.6. The second kappa shape index (κ2) is 12.3. The number of carbonyl (C=O) groups is 1. The SMILES string of the molecule is CCCCCCCc1ccc(-c2ncc(OC(=O)CCC(C)CC)cn2)cc1. The van der Waals surface area contributed by atoms with Crippen LogP contribution in [0.5, 0.6) is 5.75 Å². The van der Waals surface area contributed by atoms with Crippen molar-refractivity contribution in [3.63, 3.8) is 0 Å². The molecule has 2 rings (SSSR count). The third-order valence-corrected chi connectivity index (χ3v) is 5.18. The molecule has 0 bridgehead atoms. The zero-order chi connectivity index (χ0) is 20.2. The van der Waals surface area contributed by atoms with E-state index in [0.29, 0.717) is 23.9 Å². The molecule has 28 heavy (non-hydrogen) atoms. The molecule has 0 fully saturated rings. The number of rotatable bonds is 12. The van der Waals surface area contributed by atoms with Gasteiger partial charge in [0.2, 0.25) is 0 Å². The average Bonchev–Trinajstić information content (AvgIpc) is 2.73. The van der Waals surface area contributed by atoms with Crippen LogP contribution in [-0.4, -0.2) is 15.9 Å². The van der Waals surface area contributed by atoms with E-state index < -0.39 is 0 Å². The maximum atomic E-state index is 11.9. The van der Waals surface area contributed by atoms with Crippen molar-refractivity contribution in [2.75, 3.05) is 0 Å². The lowest BCUT2D eigenvalue weighted by atomic mass is 10.0. The van der Waals surface area contributed by atoms with Crippen molar-refractivity contribution < 1.29 is 9.53 Å². The minimum atomic E-state index is -0.222. The molecule has 0 aliphatic heterocycles. The molecular formula is C24H34N2O2. The van der Waals surface area contributed by atoms with Gasteiger partial charge in [-0.2, -0.15) is 0 Å². The van der Waals surface area contributed by atoms with Crippen LogP contribution in [0.15, 0.2) is 36.7 Å². The van der Waals surface area contributed by atoms with Gasteiger partial charge in [-0.05, 0) is 30.7 Å². The lowest BCUT2D eigenvalue weighted by Crippen LogP contribution is -2.10. The molecular weight excluding hydrogens is 348 g/mol. The first-order valence-corrected chi connectivity index (χ1v) is 10.7. The first-order valence-electron chi connectivity index (χ1n) is 10.7. The molecule has 4 nitrogen and oxygen atoms in total. The van der Waals surface area contributed by atoms with Crippen LogP contribution in [0.2, 0.25) is 0 Å². The Morgan fingerprint density at radius 2 is 1.68 bits per heavy atom. The number of hydrogen-bond acceptors (Lipinski definition) is 4. The van der Waals surface area contributed by atoms with Crippen molar-refractivity contribution in [2.24, 2.45) is 5.92 Å². The van der Waals surface area contributed by atoms with Crippen molar-refractivity contribution in [3.8, 4) is 17.1 Å². The van der Waals surface area contributed by atoms with Crippen LogP contribution in [0.4, 0.5) is 0 Å². The van der Waals surface area contributed by atoms with Crippen molar-refractivity contribution in [3.05, 3.63) is 42.2 Å². The Kier molecular flexibility index (Phi) is 9.67. The summed E-state index contributed by atoms with van der Waals surface area (Å²) in [5.74, 6) is 1.36. The molecule has 0 aliphatic carbocycles. The van der Waals surface area contributed by atoms with Crippen molar-refractivity contribution in [1.82, 2.24) is 9.97 Å². The minimum Gasteiger partial charge on any atom is -0.423 e. The molecule has 1 atom stereocenters. The third kappa shape index (κ3) is 7.79. The molecule has 0 spiro atoms. The van der Waals surface area contributed by atoms with Gasteiger partial charge in [0, 0.05) is 12.0 Å². The summed E-state index contributed by atoms with van der Waals surface area (Å²) in [6, 6.07) is 8.44. The second-order valence-electron chi connectivity index (χ2n) is 7.63. The van der Waals surface area contributed by atoms with Crippen LogP contribution in [0.1, 0.15) is 77.7 Å². The first kappa shape index (κ1) is 22.1. The fraction of sp³-hybridized carbons (Fsp3) is 0.542. The van der Waals surface area contributed by atoms with Gasteiger partial charge in [-0.3, -0.25) is 4.79 Å². The summed E-state index contributed by atoms with van der Waals surface area (Å²) in [6.45, 7) is 6.51. The van der Waals surface area contributed by atoms with Crippen molar-refractivity contribution in [1.29, 1.82) is 0 Å². The Morgan fingerprint density at radius 3 is 2.32 bits per heavy atom. The predicted octanol–water partition coefficient (Wildman–Crippen LogP) is 6.39. The van der Waals surface area contributed by atoms with E-state index in [1.807, 2.05) is 0 Å². The van der Waals surface area contributed by atoms with Gasteiger partial charge in [0.1, 0.15) is 0 Å². The van der Waals surface area contributed by atoms with E-state index in [1.165, 1.54) is 37.7 Å². The highest BCUT2D eigenvalue weighted by molar-refractivity contribution is 5.72. The van der Waals surface area contributed by atoms with Crippen LogP contribution < -0.4 is 4.74 Å². The Bertz CT molecular complexity index is 696. The van der Waals surface area contributed by atoms with E-state index in [9.17, 15) is 4.79 Å². The van der Waals surface area contributed by atoms with Crippen molar-refractivity contribution in [2.45, 2.75) is 78.6 Å². The van der Waals surface area contributed by atoms with E-state index in [0.717, 1.165) is 24.8 Å². The number of hydrogen-bond donors (Lipinski definition) is 0.